The van der Waals surface area contributed by atoms with Gasteiger partial charge in [-0.15, -0.1) is 0 Å². The third-order valence-electron chi connectivity index (χ3n) is 2.42. The molecule has 2 N–H and O–H groups in total. The van der Waals surface area contributed by atoms with Crippen LogP contribution in [0.2, 0.25) is 0 Å². The minimum Gasteiger partial charge on any atom is -0.494 e. The number of methoxy groups -OCH3 is 1. The van der Waals surface area contributed by atoms with Crippen LogP contribution in [0.1, 0.15) is 5.69 Å². The van der Waals surface area contributed by atoms with Gasteiger partial charge in [0.25, 0.3) is 5.69 Å². The molecule has 0 aliphatic rings. The molecule has 2 aromatic rings. The van der Waals surface area contributed by atoms with Crippen molar-refractivity contribution in [3.05, 3.63) is 46.3 Å². The molecule has 1 heterocycles. The number of rotatable bonds is 5. The first-order valence-electron chi connectivity index (χ1n) is 5.25. The standard InChI is InChI=1S/C11H12N4O3/c1-18-11-6-9(15(16)17)2-3-10(11)12-7-8-4-5-13-14-8/h2-6,12H,7H2,1H3,(H,13,14). The molecule has 0 unspecified atom stereocenters. The number of benzene rings is 1. The SMILES string of the molecule is COc1cc([N+](=O)[O-])ccc1NCc1ccn[nH]1. The molecular formula is C11H12N4O3. The fourth-order valence-electron chi connectivity index (χ4n) is 1.51. The summed E-state index contributed by atoms with van der Waals surface area (Å²) in [7, 11) is 1.47. The van der Waals surface area contributed by atoms with Gasteiger partial charge in [-0.3, -0.25) is 15.2 Å². The summed E-state index contributed by atoms with van der Waals surface area (Å²) >= 11 is 0. The molecule has 7 heteroatoms. The predicted molar refractivity (Wildman–Crippen MR) is 65.6 cm³/mol. The predicted octanol–water partition coefficient (Wildman–Crippen LogP) is 1.94. The van der Waals surface area contributed by atoms with Crippen LogP contribution in [0.4, 0.5) is 11.4 Å². The Kier molecular flexibility index (Phi) is 3.42. The third kappa shape index (κ3) is 2.57. The first-order valence-corrected chi connectivity index (χ1v) is 5.25. The Balaban J connectivity index is 2.14. The highest BCUT2D eigenvalue weighted by Crippen LogP contribution is 2.29. The molecule has 18 heavy (non-hydrogen) atoms. The van der Waals surface area contributed by atoms with Gasteiger partial charge in [0.05, 0.1) is 36.0 Å². The van der Waals surface area contributed by atoms with E-state index in [4.69, 9.17) is 4.74 Å². The van der Waals surface area contributed by atoms with Crippen molar-refractivity contribution < 1.29 is 9.66 Å². The summed E-state index contributed by atoms with van der Waals surface area (Å²) in [6.45, 7) is 0.536. The number of H-pyrrole nitrogens is 1. The average molecular weight is 248 g/mol. The lowest BCUT2D eigenvalue weighted by Crippen LogP contribution is -2.02. The summed E-state index contributed by atoms with van der Waals surface area (Å²) in [6, 6.07) is 6.27. The highest BCUT2D eigenvalue weighted by atomic mass is 16.6. The second-order valence-electron chi connectivity index (χ2n) is 3.58. The molecule has 0 saturated carbocycles. The minimum absolute atomic E-state index is 0.000981. The van der Waals surface area contributed by atoms with Crippen LogP contribution in [0.5, 0.6) is 5.75 Å². The zero-order chi connectivity index (χ0) is 13.0. The maximum atomic E-state index is 10.6. The first kappa shape index (κ1) is 11.9. The summed E-state index contributed by atoms with van der Waals surface area (Å²) < 4.78 is 5.11. The van der Waals surface area contributed by atoms with E-state index < -0.39 is 4.92 Å². The van der Waals surface area contributed by atoms with E-state index >= 15 is 0 Å². The Labute approximate surface area is 103 Å². The maximum Gasteiger partial charge on any atom is 0.273 e. The Morgan fingerprint density at radius 1 is 1.50 bits per heavy atom. The number of aromatic amines is 1. The van der Waals surface area contributed by atoms with Crippen LogP contribution in [-0.4, -0.2) is 22.2 Å². The zero-order valence-electron chi connectivity index (χ0n) is 9.71. The van der Waals surface area contributed by atoms with Crippen molar-refractivity contribution in [1.82, 2.24) is 10.2 Å². The molecule has 0 fully saturated rings. The van der Waals surface area contributed by atoms with Crippen molar-refractivity contribution in [3.8, 4) is 5.75 Å². The molecule has 94 valence electrons. The molecule has 0 radical (unpaired) electrons. The first-order chi connectivity index (χ1) is 8.70. The monoisotopic (exact) mass is 248 g/mol. The van der Waals surface area contributed by atoms with Gasteiger partial charge < -0.3 is 10.1 Å². The van der Waals surface area contributed by atoms with Gasteiger partial charge in [0.1, 0.15) is 5.75 Å². The molecule has 1 aromatic heterocycles. The van der Waals surface area contributed by atoms with Crippen LogP contribution in [0.3, 0.4) is 0 Å². The number of nitro groups is 1. The van der Waals surface area contributed by atoms with E-state index in [2.05, 4.69) is 15.5 Å². The summed E-state index contributed by atoms with van der Waals surface area (Å²) in [5.41, 5.74) is 1.60. The van der Waals surface area contributed by atoms with E-state index in [1.165, 1.54) is 19.2 Å². The van der Waals surface area contributed by atoms with E-state index in [1.54, 1.807) is 12.3 Å². The Morgan fingerprint density at radius 3 is 2.94 bits per heavy atom. The van der Waals surface area contributed by atoms with Gasteiger partial charge in [-0.2, -0.15) is 5.10 Å². The van der Waals surface area contributed by atoms with Gasteiger partial charge in [-0.05, 0) is 12.1 Å². The van der Waals surface area contributed by atoms with E-state index in [1.807, 2.05) is 6.07 Å². The number of non-ortho nitro benzene ring substituents is 1. The average Bonchev–Trinajstić information content (AvgIpc) is 2.89. The molecule has 0 amide bonds. The van der Waals surface area contributed by atoms with Gasteiger partial charge in [-0.1, -0.05) is 0 Å². The maximum absolute atomic E-state index is 10.6. The van der Waals surface area contributed by atoms with Crippen molar-refractivity contribution in [2.75, 3.05) is 12.4 Å². The number of ether oxygens (including phenoxy) is 1. The van der Waals surface area contributed by atoms with Gasteiger partial charge in [-0.25, -0.2) is 0 Å². The molecule has 0 bridgehead atoms. The van der Waals surface area contributed by atoms with Crippen LogP contribution in [0, 0.1) is 10.1 Å². The topological polar surface area (TPSA) is 93.1 Å². The van der Waals surface area contributed by atoms with Crippen LogP contribution in [-0.2, 0) is 6.54 Å². The molecular weight excluding hydrogens is 236 g/mol. The van der Waals surface area contributed by atoms with E-state index in [0.717, 1.165) is 5.69 Å². The molecule has 0 atom stereocenters. The van der Waals surface area contributed by atoms with E-state index in [9.17, 15) is 10.1 Å². The molecule has 2 rings (SSSR count). The van der Waals surface area contributed by atoms with Crippen LogP contribution < -0.4 is 10.1 Å². The Bertz CT molecular complexity index is 539. The lowest BCUT2D eigenvalue weighted by atomic mass is 10.2. The lowest BCUT2D eigenvalue weighted by molar-refractivity contribution is -0.384. The second kappa shape index (κ2) is 5.17. The summed E-state index contributed by atoms with van der Waals surface area (Å²) in [6.07, 6.45) is 1.66. The van der Waals surface area contributed by atoms with Crippen molar-refractivity contribution in [1.29, 1.82) is 0 Å². The number of hydrogen-bond donors (Lipinski definition) is 2. The molecule has 0 aliphatic carbocycles. The number of nitro benzene ring substituents is 1. The van der Waals surface area contributed by atoms with Gasteiger partial charge in [0.15, 0.2) is 0 Å². The van der Waals surface area contributed by atoms with Gasteiger partial charge >= 0.3 is 0 Å². The Hall–Kier alpha value is -2.57. The smallest absolute Gasteiger partial charge is 0.273 e. The zero-order valence-corrected chi connectivity index (χ0v) is 9.71. The second-order valence-corrected chi connectivity index (χ2v) is 3.58. The number of aromatic nitrogens is 2. The van der Waals surface area contributed by atoms with Crippen LogP contribution >= 0.6 is 0 Å². The molecule has 1 aromatic carbocycles. The van der Waals surface area contributed by atoms with Crippen molar-refractivity contribution in [2.45, 2.75) is 6.54 Å². The molecule has 7 nitrogen and oxygen atoms in total. The van der Waals surface area contributed by atoms with E-state index in [0.29, 0.717) is 18.0 Å². The fourth-order valence-corrected chi connectivity index (χ4v) is 1.51. The summed E-state index contributed by atoms with van der Waals surface area (Å²) in [4.78, 5) is 10.2. The molecule has 0 saturated heterocycles. The highest BCUT2D eigenvalue weighted by Gasteiger charge is 2.11. The summed E-state index contributed by atoms with van der Waals surface area (Å²) in [5, 5.41) is 20.4. The minimum atomic E-state index is -0.457. The van der Waals surface area contributed by atoms with Gasteiger partial charge in [0, 0.05) is 12.3 Å². The Morgan fingerprint density at radius 2 is 2.33 bits per heavy atom. The van der Waals surface area contributed by atoms with Crippen molar-refractivity contribution in [3.63, 3.8) is 0 Å². The van der Waals surface area contributed by atoms with Crippen molar-refractivity contribution >= 4 is 11.4 Å². The van der Waals surface area contributed by atoms with E-state index in [-0.39, 0.29) is 5.69 Å². The molecule has 0 aliphatic heterocycles. The fraction of sp³-hybridized carbons (Fsp3) is 0.182. The number of hydrogen-bond acceptors (Lipinski definition) is 5. The lowest BCUT2D eigenvalue weighted by Gasteiger charge is -2.09. The largest absolute Gasteiger partial charge is 0.494 e. The molecule has 0 spiro atoms. The number of nitrogens with zero attached hydrogens (tertiary/aromatic N) is 2. The van der Waals surface area contributed by atoms with Gasteiger partial charge in [0.2, 0.25) is 0 Å². The third-order valence-corrected chi connectivity index (χ3v) is 2.42. The highest BCUT2D eigenvalue weighted by molar-refractivity contribution is 5.60. The number of nitrogens with one attached hydrogen (secondary N) is 2. The quantitative estimate of drug-likeness (QED) is 0.623. The van der Waals surface area contributed by atoms with Crippen molar-refractivity contribution in [2.24, 2.45) is 0 Å². The van der Waals surface area contributed by atoms with Crippen LogP contribution in [0.25, 0.3) is 0 Å². The normalized spacial score (nSPS) is 10.1. The van der Waals surface area contributed by atoms with Crippen LogP contribution in [0.15, 0.2) is 30.5 Å². The number of anilines is 1. The summed E-state index contributed by atoms with van der Waals surface area (Å²) in [5.74, 6) is 0.434.